The van der Waals surface area contributed by atoms with Gasteiger partial charge in [-0.15, -0.1) is 0 Å². The zero-order chi connectivity index (χ0) is 24.7. The molecule has 0 saturated carbocycles. The van der Waals surface area contributed by atoms with Gasteiger partial charge in [0.15, 0.2) is 11.7 Å². The van der Waals surface area contributed by atoms with Crippen molar-refractivity contribution >= 4 is 22.8 Å². The van der Waals surface area contributed by atoms with Crippen molar-refractivity contribution in [2.45, 2.75) is 31.8 Å². The minimum atomic E-state index is -1.15. The molecule has 4 aromatic rings. The highest BCUT2D eigenvalue weighted by Gasteiger charge is 2.31. The van der Waals surface area contributed by atoms with Gasteiger partial charge in [0.1, 0.15) is 12.3 Å². The molecular formula is C30H28N4O2. The van der Waals surface area contributed by atoms with Gasteiger partial charge in [0, 0.05) is 13.1 Å². The first-order valence-corrected chi connectivity index (χ1v) is 12.4. The van der Waals surface area contributed by atoms with Gasteiger partial charge in [-0.3, -0.25) is 4.79 Å². The van der Waals surface area contributed by atoms with Crippen molar-refractivity contribution in [3.63, 3.8) is 0 Å². The fourth-order valence-electron chi connectivity index (χ4n) is 4.76. The normalized spacial score (nSPS) is 14.8. The van der Waals surface area contributed by atoms with E-state index in [4.69, 9.17) is 14.7 Å². The summed E-state index contributed by atoms with van der Waals surface area (Å²) in [6.07, 6.45) is 3.08. The Hall–Kier alpha value is -4.24. The van der Waals surface area contributed by atoms with Gasteiger partial charge in [0.05, 0.1) is 17.1 Å². The van der Waals surface area contributed by atoms with Crippen LogP contribution < -0.4 is 4.90 Å². The molecule has 2 heterocycles. The summed E-state index contributed by atoms with van der Waals surface area (Å²) in [5.41, 5.74) is 4.00. The molecule has 36 heavy (non-hydrogen) atoms. The summed E-state index contributed by atoms with van der Waals surface area (Å²) in [6, 6.07) is 29.7. The van der Waals surface area contributed by atoms with E-state index in [1.165, 1.54) is 5.56 Å². The topological polar surface area (TPSA) is 79.1 Å². The maximum Gasteiger partial charge on any atom is 0.330 e. The third kappa shape index (κ3) is 5.36. The molecule has 1 atom stereocenters. The highest BCUT2D eigenvalue weighted by Crippen LogP contribution is 2.32. The third-order valence-electron chi connectivity index (χ3n) is 6.72. The molecule has 3 aromatic carbocycles. The average molecular weight is 477 g/mol. The van der Waals surface area contributed by atoms with Crippen LogP contribution in [0.3, 0.4) is 0 Å². The number of carbonyl (C=O) groups excluding carboxylic acids is 1. The van der Waals surface area contributed by atoms with Crippen molar-refractivity contribution in [1.82, 2.24) is 9.97 Å². The van der Waals surface area contributed by atoms with E-state index in [0.717, 1.165) is 43.4 Å². The van der Waals surface area contributed by atoms with Gasteiger partial charge >= 0.3 is 5.97 Å². The first kappa shape index (κ1) is 23.5. The van der Waals surface area contributed by atoms with Crippen LogP contribution in [0.1, 0.15) is 35.6 Å². The number of ether oxygens (including phenoxy) is 1. The standard InChI is InChI=1S/C30H28N4O2/c31-20-25(30(35)36-21-24-11-5-2-6-12-24)28-29(33-27-14-8-7-13-26(27)32-28)34-17-15-23(16-18-34)19-22-9-3-1-4-10-22/h1-14,23,25H,15-19,21H2/t25-/m0/s1. The van der Waals surface area contributed by atoms with Gasteiger partial charge in [0.2, 0.25) is 0 Å². The van der Waals surface area contributed by atoms with Crippen LogP contribution in [-0.4, -0.2) is 29.0 Å². The molecule has 1 fully saturated rings. The molecule has 0 N–H and O–H groups in total. The van der Waals surface area contributed by atoms with Crippen LogP contribution in [0, 0.1) is 17.2 Å². The van der Waals surface area contributed by atoms with Crippen molar-refractivity contribution in [2.75, 3.05) is 18.0 Å². The number of hydrogen-bond donors (Lipinski definition) is 0. The number of benzene rings is 3. The number of fused-ring (bicyclic) bond motifs is 1. The Morgan fingerprint density at radius 2 is 1.47 bits per heavy atom. The second kappa shape index (κ2) is 11.0. The molecule has 6 nitrogen and oxygen atoms in total. The first-order chi connectivity index (χ1) is 17.7. The lowest BCUT2D eigenvalue weighted by molar-refractivity contribution is -0.145. The van der Waals surface area contributed by atoms with Crippen LogP contribution in [0.5, 0.6) is 0 Å². The summed E-state index contributed by atoms with van der Waals surface area (Å²) in [7, 11) is 0. The van der Waals surface area contributed by atoms with Crippen LogP contribution in [0.15, 0.2) is 84.9 Å². The van der Waals surface area contributed by atoms with Crippen LogP contribution in [0.4, 0.5) is 5.82 Å². The molecule has 180 valence electrons. The minimum absolute atomic E-state index is 0.110. The van der Waals surface area contributed by atoms with Gasteiger partial charge in [-0.1, -0.05) is 72.8 Å². The third-order valence-corrected chi connectivity index (χ3v) is 6.72. The van der Waals surface area contributed by atoms with E-state index in [1.54, 1.807) is 0 Å². The minimum Gasteiger partial charge on any atom is -0.460 e. The summed E-state index contributed by atoms with van der Waals surface area (Å²) in [5, 5.41) is 10.0. The second-order valence-corrected chi connectivity index (χ2v) is 9.20. The van der Waals surface area contributed by atoms with Gasteiger partial charge in [-0.25, -0.2) is 9.97 Å². The number of anilines is 1. The Kier molecular flexibility index (Phi) is 7.18. The molecule has 5 rings (SSSR count). The molecule has 0 aliphatic carbocycles. The molecule has 1 aliphatic rings. The van der Waals surface area contributed by atoms with Crippen LogP contribution in [0.2, 0.25) is 0 Å². The summed E-state index contributed by atoms with van der Waals surface area (Å²) in [4.78, 5) is 24.9. The maximum atomic E-state index is 13.0. The lowest BCUT2D eigenvalue weighted by Crippen LogP contribution is -2.36. The zero-order valence-corrected chi connectivity index (χ0v) is 20.1. The SMILES string of the molecule is N#C[C@H](C(=O)OCc1ccccc1)c1nc2ccccc2nc1N1CCC(Cc2ccccc2)CC1. The average Bonchev–Trinajstić information content (AvgIpc) is 2.93. The Balaban J connectivity index is 1.37. The highest BCUT2D eigenvalue weighted by molar-refractivity contribution is 5.85. The lowest BCUT2D eigenvalue weighted by Gasteiger charge is -2.34. The number of hydrogen-bond acceptors (Lipinski definition) is 6. The molecular weight excluding hydrogens is 448 g/mol. The van der Waals surface area contributed by atoms with E-state index >= 15 is 0 Å². The largest absolute Gasteiger partial charge is 0.460 e. The number of aromatic nitrogens is 2. The summed E-state index contributed by atoms with van der Waals surface area (Å²) in [6.45, 7) is 1.71. The Labute approximate surface area is 211 Å². The predicted molar refractivity (Wildman–Crippen MR) is 139 cm³/mol. The molecule has 1 aromatic heterocycles. The van der Waals surface area contributed by atoms with E-state index in [0.29, 0.717) is 22.9 Å². The zero-order valence-electron chi connectivity index (χ0n) is 20.1. The van der Waals surface area contributed by atoms with Crippen LogP contribution >= 0.6 is 0 Å². The molecule has 1 saturated heterocycles. The van der Waals surface area contributed by atoms with E-state index in [9.17, 15) is 10.1 Å². The summed E-state index contributed by atoms with van der Waals surface area (Å²) in [5.74, 6) is -0.563. The number of piperidine rings is 1. The number of para-hydroxylation sites is 2. The van der Waals surface area contributed by atoms with Gasteiger partial charge < -0.3 is 9.64 Å². The summed E-state index contributed by atoms with van der Waals surface area (Å²) < 4.78 is 5.53. The first-order valence-electron chi connectivity index (χ1n) is 12.4. The van der Waals surface area contributed by atoms with Crippen molar-refractivity contribution in [2.24, 2.45) is 5.92 Å². The molecule has 0 amide bonds. The molecule has 0 spiro atoms. The van der Waals surface area contributed by atoms with E-state index < -0.39 is 11.9 Å². The van der Waals surface area contributed by atoms with Gasteiger partial charge in [-0.2, -0.15) is 5.26 Å². The molecule has 6 heteroatoms. The molecule has 1 aliphatic heterocycles. The number of rotatable bonds is 7. The number of nitriles is 1. The van der Waals surface area contributed by atoms with Gasteiger partial charge in [0.25, 0.3) is 0 Å². The molecule has 0 radical (unpaired) electrons. The predicted octanol–water partition coefficient (Wildman–Crippen LogP) is 5.44. The van der Waals surface area contributed by atoms with E-state index in [-0.39, 0.29) is 6.61 Å². The number of esters is 1. The van der Waals surface area contributed by atoms with Crippen molar-refractivity contribution in [3.05, 3.63) is 102 Å². The lowest BCUT2D eigenvalue weighted by atomic mass is 9.90. The maximum absolute atomic E-state index is 13.0. The molecule has 0 bridgehead atoms. The van der Waals surface area contributed by atoms with Crippen LogP contribution in [-0.2, 0) is 22.6 Å². The fourth-order valence-corrected chi connectivity index (χ4v) is 4.76. The van der Waals surface area contributed by atoms with Crippen LogP contribution in [0.25, 0.3) is 11.0 Å². The smallest absolute Gasteiger partial charge is 0.330 e. The van der Waals surface area contributed by atoms with Crippen molar-refractivity contribution in [1.29, 1.82) is 5.26 Å². The Morgan fingerprint density at radius 1 is 0.889 bits per heavy atom. The van der Waals surface area contributed by atoms with Gasteiger partial charge in [-0.05, 0) is 48.4 Å². The number of nitrogens with zero attached hydrogens (tertiary/aromatic N) is 4. The molecule has 0 unspecified atom stereocenters. The van der Waals surface area contributed by atoms with E-state index in [2.05, 4.69) is 35.2 Å². The highest BCUT2D eigenvalue weighted by atomic mass is 16.5. The second-order valence-electron chi connectivity index (χ2n) is 9.20. The van der Waals surface area contributed by atoms with Crippen molar-refractivity contribution in [3.8, 4) is 6.07 Å². The Bertz CT molecular complexity index is 1360. The Morgan fingerprint density at radius 3 is 2.11 bits per heavy atom. The van der Waals surface area contributed by atoms with Crippen molar-refractivity contribution < 1.29 is 9.53 Å². The summed E-state index contributed by atoms with van der Waals surface area (Å²) >= 11 is 0. The monoisotopic (exact) mass is 476 g/mol. The number of carbonyl (C=O) groups is 1. The fraction of sp³-hybridized carbons (Fsp3) is 0.267. The quantitative estimate of drug-likeness (QED) is 0.331. The van der Waals surface area contributed by atoms with E-state index in [1.807, 2.05) is 60.7 Å².